The van der Waals surface area contributed by atoms with E-state index >= 15 is 0 Å². The fourth-order valence-electron chi connectivity index (χ4n) is 2.48. The van der Waals surface area contributed by atoms with Crippen LogP contribution in [-0.2, 0) is 0 Å². The van der Waals surface area contributed by atoms with Gasteiger partial charge in [0.2, 0.25) is 0 Å². The predicted molar refractivity (Wildman–Crippen MR) is 69.8 cm³/mol. The normalized spacial score (nSPS) is 21.0. The molecule has 2 atom stereocenters. The maximum absolute atomic E-state index is 13.8. The Hall–Kier alpha value is -1.16. The Balaban J connectivity index is 2.01. The number of nitrogens with one attached hydrogen (secondary N) is 2. The van der Waals surface area contributed by atoms with Crippen LogP contribution in [0.1, 0.15) is 31.7 Å². The van der Waals surface area contributed by atoms with Crippen molar-refractivity contribution >= 4 is 5.69 Å². The third kappa shape index (κ3) is 2.99. The van der Waals surface area contributed by atoms with Crippen LogP contribution in [0.3, 0.4) is 0 Å². The van der Waals surface area contributed by atoms with Crippen LogP contribution in [0, 0.1) is 18.6 Å². The van der Waals surface area contributed by atoms with Crippen molar-refractivity contribution in [3.8, 4) is 0 Å². The van der Waals surface area contributed by atoms with Crippen molar-refractivity contribution in [2.45, 2.75) is 45.2 Å². The topological polar surface area (TPSA) is 24.1 Å². The summed E-state index contributed by atoms with van der Waals surface area (Å²) in [6, 6.07) is 3.27. The van der Waals surface area contributed by atoms with E-state index in [0.717, 1.165) is 19.4 Å². The first-order valence-corrected chi connectivity index (χ1v) is 6.52. The van der Waals surface area contributed by atoms with Crippen LogP contribution in [0.25, 0.3) is 0 Å². The largest absolute Gasteiger partial charge is 0.378 e. The first-order valence-electron chi connectivity index (χ1n) is 6.52. The van der Waals surface area contributed by atoms with Crippen LogP contribution < -0.4 is 10.6 Å². The van der Waals surface area contributed by atoms with E-state index in [0.29, 0.717) is 11.6 Å². The van der Waals surface area contributed by atoms with Gasteiger partial charge >= 0.3 is 0 Å². The zero-order valence-electron chi connectivity index (χ0n) is 10.9. The van der Waals surface area contributed by atoms with Crippen molar-refractivity contribution in [3.63, 3.8) is 0 Å². The second-order valence-corrected chi connectivity index (χ2v) is 5.13. The Morgan fingerprint density at radius 2 is 2.22 bits per heavy atom. The van der Waals surface area contributed by atoms with E-state index in [1.165, 1.54) is 18.6 Å². The maximum atomic E-state index is 13.8. The summed E-state index contributed by atoms with van der Waals surface area (Å²) in [6.45, 7) is 4.65. The highest BCUT2D eigenvalue weighted by atomic mass is 19.1. The Kier molecular flexibility index (Phi) is 4.17. The molecule has 0 aliphatic carbocycles. The van der Waals surface area contributed by atoms with Crippen molar-refractivity contribution in [1.82, 2.24) is 5.32 Å². The average Bonchev–Trinajstić information content (AvgIpc) is 2.82. The molecular formula is C14H20F2N2. The number of rotatable bonds is 4. The predicted octanol–water partition coefficient (Wildman–Crippen LogP) is 3.22. The Labute approximate surface area is 107 Å². The smallest absolute Gasteiger partial charge is 0.152 e. The second-order valence-electron chi connectivity index (χ2n) is 5.13. The molecule has 1 heterocycles. The lowest BCUT2D eigenvalue weighted by Gasteiger charge is -2.20. The van der Waals surface area contributed by atoms with Gasteiger partial charge in [-0.05, 0) is 51.3 Å². The highest BCUT2D eigenvalue weighted by Crippen LogP contribution is 2.23. The molecule has 0 saturated carbocycles. The second kappa shape index (κ2) is 5.65. The van der Waals surface area contributed by atoms with Gasteiger partial charge in [-0.2, -0.15) is 0 Å². The van der Waals surface area contributed by atoms with E-state index < -0.39 is 11.6 Å². The zero-order valence-corrected chi connectivity index (χ0v) is 10.9. The molecule has 0 bridgehead atoms. The Morgan fingerprint density at radius 1 is 1.44 bits per heavy atom. The van der Waals surface area contributed by atoms with Gasteiger partial charge < -0.3 is 10.6 Å². The molecule has 4 heteroatoms. The summed E-state index contributed by atoms with van der Waals surface area (Å²) in [5.74, 6) is -1.01. The van der Waals surface area contributed by atoms with Crippen molar-refractivity contribution in [3.05, 3.63) is 29.3 Å². The minimum atomic E-state index is -0.524. The molecule has 100 valence electrons. The molecule has 0 spiro atoms. The molecule has 2 nitrogen and oxygen atoms in total. The standard InChI is InChI=1S/C14H20F2N2/c1-9-5-6-12(15)14(13(9)16)18-10(2)8-11-4-3-7-17-11/h5-6,10-11,17-18H,3-4,7-8H2,1-2H3. The van der Waals surface area contributed by atoms with Crippen LogP contribution in [-0.4, -0.2) is 18.6 Å². The molecule has 0 radical (unpaired) electrons. The lowest BCUT2D eigenvalue weighted by molar-refractivity contribution is 0.515. The molecule has 1 aromatic carbocycles. The van der Waals surface area contributed by atoms with Crippen molar-refractivity contribution < 1.29 is 8.78 Å². The number of hydrogen-bond acceptors (Lipinski definition) is 2. The van der Waals surface area contributed by atoms with Gasteiger partial charge in [0.15, 0.2) is 5.82 Å². The van der Waals surface area contributed by atoms with Gasteiger partial charge in [-0.3, -0.25) is 0 Å². The lowest BCUT2D eigenvalue weighted by atomic mass is 10.1. The molecular weight excluding hydrogens is 234 g/mol. The highest BCUT2D eigenvalue weighted by Gasteiger charge is 2.19. The Morgan fingerprint density at radius 3 is 2.89 bits per heavy atom. The molecule has 1 aromatic rings. The van der Waals surface area contributed by atoms with Gasteiger partial charge in [-0.1, -0.05) is 6.07 Å². The third-order valence-electron chi connectivity index (χ3n) is 3.48. The summed E-state index contributed by atoms with van der Waals surface area (Å²) in [5, 5.41) is 6.34. The zero-order chi connectivity index (χ0) is 13.1. The van der Waals surface area contributed by atoms with Crippen LogP contribution in [0.4, 0.5) is 14.5 Å². The first-order chi connectivity index (χ1) is 8.58. The summed E-state index contributed by atoms with van der Waals surface area (Å²) >= 11 is 0. The number of anilines is 1. The van der Waals surface area contributed by atoms with Gasteiger partial charge in [-0.15, -0.1) is 0 Å². The quantitative estimate of drug-likeness (QED) is 0.862. The maximum Gasteiger partial charge on any atom is 0.152 e. The van der Waals surface area contributed by atoms with Gasteiger partial charge in [-0.25, -0.2) is 8.78 Å². The molecule has 2 unspecified atom stereocenters. The highest BCUT2D eigenvalue weighted by molar-refractivity contribution is 5.49. The van der Waals surface area contributed by atoms with Gasteiger partial charge in [0.05, 0.1) is 0 Å². The molecule has 1 aliphatic rings. The molecule has 2 rings (SSSR count). The van der Waals surface area contributed by atoms with Gasteiger partial charge in [0.25, 0.3) is 0 Å². The minimum Gasteiger partial charge on any atom is -0.378 e. The van der Waals surface area contributed by atoms with E-state index in [1.54, 1.807) is 6.92 Å². The van der Waals surface area contributed by atoms with E-state index in [9.17, 15) is 8.78 Å². The molecule has 1 fully saturated rings. The molecule has 2 N–H and O–H groups in total. The van der Waals surface area contributed by atoms with Gasteiger partial charge in [0, 0.05) is 12.1 Å². The molecule has 1 aliphatic heterocycles. The summed E-state index contributed by atoms with van der Waals surface area (Å²) in [5.41, 5.74) is 0.464. The van der Waals surface area contributed by atoms with E-state index in [4.69, 9.17) is 0 Å². The summed E-state index contributed by atoms with van der Waals surface area (Å²) in [7, 11) is 0. The van der Waals surface area contributed by atoms with E-state index in [1.807, 2.05) is 6.92 Å². The van der Waals surface area contributed by atoms with Crippen LogP contribution in [0.2, 0.25) is 0 Å². The number of aryl methyl sites for hydroxylation is 1. The summed E-state index contributed by atoms with van der Waals surface area (Å²) in [6.07, 6.45) is 3.21. The van der Waals surface area contributed by atoms with Crippen molar-refractivity contribution in [1.29, 1.82) is 0 Å². The van der Waals surface area contributed by atoms with E-state index in [2.05, 4.69) is 10.6 Å². The molecule has 0 amide bonds. The summed E-state index contributed by atoms with van der Waals surface area (Å²) < 4.78 is 27.4. The fraction of sp³-hybridized carbons (Fsp3) is 0.571. The molecule has 0 aromatic heterocycles. The minimum absolute atomic E-state index is 0.000460. The number of halogens is 2. The Bertz CT molecular complexity index is 415. The fourth-order valence-corrected chi connectivity index (χ4v) is 2.48. The third-order valence-corrected chi connectivity index (χ3v) is 3.48. The average molecular weight is 254 g/mol. The van der Waals surface area contributed by atoms with Crippen LogP contribution in [0.15, 0.2) is 12.1 Å². The van der Waals surface area contributed by atoms with Crippen LogP contribution >= 0.6 is 0 Å². The first kappa shape index (κ1) is 13.3. The summed E-state index contributed by atoms with van der Waals surface area (Å²) in [4.78, 5) is 0. The van der Waals surface area contributed by atoms with Crippen molar-refractivity contribution in [2.24, 2.45) is 0 Å². The van der Waals surface area contributed by atoms with Gasteiger partial charge in [0.1, 0.15) is 11.5 Å². The number of hydrogen-bond donors (Lipinski definition) is 2. The molecule has 1 saturated heterocycles. The lowest BCUT2D eigenvalue weighted by Crippen LogP contribution is -2.29. The van der Waals surface area contributed by atoms with Crippen LogP contribution in [0.5, 0.6) is 0 Å². The monoisotopic (exact) mass is 254 g/mol. The SMILES string of the molecule is Cc1ccc(F)c(NC(C)CC2CCCN2)c1F. The van der Waals surface area contributed by atoms with Crippen molar-refractivity contribution in [2.75, 3.05) is 11.9 Å². The van der Waals surface area contributed by atoms with E-state index in [-0.39, 0.29) is 11.7 Å². The number of benzene rings is 1. The molecule has 18 heavy (non-hydrogen) atoms.